The molecule has 0 bridgehead atoms. The van der Waals surface area contributed by atoms with Crippen molar-refractivity contribution >= 4 is 5.78 Å². The first-order valence-corrected chi connectivity index (χ1v) is 8.83. The van der Waals surface area contributed by atoms with Crippen molar-refractivity contribution in [2.24, 2.45) is 16.2 Å². The summed E-state index contributed by atoms with van der Waals surface area (Å²) in [7, 11) is 0. The molecule has 2 atom stereocenters. The molecule has 2 saturated heterocycles. The van der Waals surface area contributed by atoms with Crippen LogP contribution in [0.15, 0.2) is 0 Å². The lowest BCUT2D eigenvalue weighted by Crippen LogP contribution is -2.54. The van der Waals surface area contributed by atoms with E-state index in [1.807, 2.05) is 0 Å². The van der Waals surface area contributed by atoms with E-state index in [-0.39, 0.29) is 17.1 Å². The summed E-state index contributed by atoms with van der Waals surface area (Å²) in [5.74, 6) is 0.600. The number of ketones is 1. The van der Waals surface area contributed by atoms with Gasteiger partial charge in [-0.05, 0) is 63.7 Å². The largest absolute Gasteiger partial charge is 0.371 e. The molecule has 3 nitrogen and oxygen atoms in total. The van der Waals surface area contributed by atoms with Crippen molar-refractivity contribution in [3.05, 3.63) is 0 Å². The molecule has 5 aliphatic rings. The van der Waals surface area contributed by atoms with Crippen molar-refractivity contribution in [1.82, 2.24) is 4.90 Å². The third-order valence-corrected chi connectivity index (χ3v) is 7.32. The molecular weight excluding hydrogens is 262 g/mol. The SMILES string of the molecule is CC(C)(C)O[C@H]1CCN2CCC(=O)C3([C@H]12)C1(CC1)C31CC1. The van der Waals surface area contributed by atoms with E-state index in [1.54, 1.807) is 0 Å². The summed E-state index contributed by atoms with van der Waals surface area (Å²) in [4.78, 5) is 15.7. The van der Waals surface area contributed by atoms with Crippen molar-refractivity contribution in [2.45, 2.75) is 77.0 Å². The second-order valence-electron chi connectivity index (χ2n) is 9.18. The number of hydrogen-bond acceptors (Lipinski definition) is 3. The van der Waals surface area contributed by atoms with Gasteiger partial charge in [0.1, 0.15) is 5.78 Å². The normalized spacial score (nSPS) is 40.8. The number of hydrogen-bond donors (Lipinski definition) is 0. The molecule has 0 amide bonds. The lowest BCUT2D eigenvalue weighted by atomic mass is 9.78. The van der Waals surface area contributed by atoms with Crippen molar-refractivity contribution in [3.8, 4) is 0 Å². The smallest absolute Gasteiger partial charge is 0.143 e. The number of rotatable bonds is 1. The number of Topliss-reactive ketones (excluding diaryl/α,β-unsaturated/α-hetero) is 1. The number of nitrogens with zero attached hydrogens (tertiary/aromatic N) is 1. The molecule has 2 aliphatic heterocycles. The van der Waals surface area contributed by atoms with Crippen LogP contribution in [0.5, 0.6) is 0 Å². The van der Waals surface area contributed by atoms with Gasteiger partial charge in [-0.15, -0.1) is 0 Å². The fourth-order valence-corrected chi connectivity index (χ4v) is 6.78. The van der Waals surface area contributed by atoms with Crippen LogP contribution in [0.25, 0.3) is 0 Å². The highest BCUT2D eigenvalue weighted by atomic mass is 16.5. The van der Waals surface area contributed by atoms with Gasteiger partial charge in [-0.25, -0.2) is 0 Å². The standard InChI is InChI=1S/C18H27NO2/c1-15(2,3)21-12-4-10-19-11-5-13(20)18(14(12)19)16(6-7-16)17(18)8-9-17/h12,14H,4-11H2,1-3H3/t12-,14-/m0/s1. The van der Waals surface area contributed by atoms with Gasteiger partial charge in [0.2, 0.25) is 0 Å². The van der Waals surface area contributed by atoms with Gasteiger partial charge in [-0.1, -0.05) is 0 Å². The highest BCUT2D eigenvalue weighted by Gasteiger charge is 2.99. The van der Waals surface area contributed by atoms with Crippen LogP contribution in [0.2, 0.25) is 0 Å². The molecule has 2 heterocycles. The molecule has 3 spiro atoms. The second kappa shape index (κ2) is 3.41. The Morgan fingerprint density at radius 2 is 1.71 bits per heavy atom. The molecule has 116 valence electrons. The van der Waals surface area contributed by atoms with Crippen molar-refractivity contribution in [3.63, 3.8) is 0 Å². The molecule has 3 heteroatoms. The third-order valence-electron chi connectivity index (χ3n) is 7.32. The van der Waals surface area contributed by atoms with E-state index in [1.165, 1.54) is 25.7 Å². The molecule has 0 aromatic heterocycles. The van der Waals surface area contributed by atoms with Crippen LogP contribution in [0.1, 0.15) is 59.3 Å². The van der Waals surface area contributed by atoms with Gasteiger partial charge < -0.3 is 4.74 Å². The van der Waals surface area contributed by atoms with Crippen LogP contribution in [0.3, 0.4) is 0 Å². The van der Waals surface area contributed by atoms with Crippen LogP contribution in [0.4, 0.5) is 0 Å². The lowest BCUT2D eigenvalue weighted by molar-refractivity contribution is -0.141. The summed E-state index contributed by atoms with van der Waals surface area (Å²) < 4.78 is 6.44. The zero-order chi connectivity index (χ0) is 14.7. The van der Waals surface area contributed by atoms with E-state index in [2.05, 4.69) is 25.7 Å². The number of ether oxygens (including phenoxy) is 1. The van der Waals surface area contributed by atoms with E-state index in [9.17, 15) is 4.79 Å². The number of fused-ring (bicyclic) bond motifs is 5. The molecule has 0 aromatic rings. The van der Waals surface area contributed by atoms with Crippen LogP contribution in [-0.2, 0) is 9.53 Å². The van der Waals surface area contributed by atoms with Crippen LogP contribution < -0.4 is 0 Å². The van der Waals surface area contributed by atoms with Gasteiger partial charge in [0.25, 0.3) is 0 Å². The van der Waals surface area contributed by atoms with Crippen molar-refractivity contribution in [1.29, 1.82) is 0 Å². The molecule has 5 rings (SSSR count). The Labute approximate surface area is 127 Å². The lowest BCUT2D eigenvalue weighted by Gasteiger charge is -2.42. The third kappa shape index (κ3) is 1.25. The summed E-state index contributed by atoms with van der Waals surface area (Å²) in [6.45, 7) is 8.56. The minimum absolute atomic E-state index is 0.00463. The van der Waals surface area contributed by atoms with Gasteiger partial charge in [0, 0.05) is 25.6 Å². The first-order chi connectivity index (χ1) is 9.88. The molecule has 5 fully saturated rings. The first kappa shape index (κ1) is 13.1. The number of piperidine rings is 1. The molecule has 0 N–H and O–H groups in total. The van der Waals surface area contributed by atoms with Gasteiger partial charge in [-0.2, -0.15) is 0 Å². The maximum atomic E-state index is 13.1. The summed E-state index contributed by atoms with van der Waals surface area (Å²) in [6.07, 6.45) is 7.42. The van der Waals surface area contributed by atoms with E-state index in [4.69, 9.17) is 4.74 Å². The maximum Gasteiger partial charge on any atom is 0.143 e. The fraction of sp³-hybridized carbons (Fsp3) is 0.944. The minimum Gasteiger partial charge on any atom is -0.371 e. The molecule has 3 aliphatic carbocycles. The number of carbonyl (C=O) groups is 1. The average molecular weight is 289 g/mol. The molecule has 21 heavy (non-hydrogen) atoms. The fourth-order valence-electron chi connectivity index (χ4n) is 6.78. The topological polar surface area (TPSA) is 29.5 Å². The summed E-state index contributed by atoms with van der Waals surface area (Å²) in [5.41, 5.74) is 0.740. The summed E-state index contributed by atoms with van der Waals surface area (Å²) in [5, 5.41) is 0. The molecular formula is C18H27NO2. The second-order valence-corrected chi connectivity index (χ2v) is 9.18. The Bertz CT molecular complexity index is 506. The zero-order valence-electron chi connectivity index (χ0n) is 13.6. The van der Waals surface area contributed by atoms with Crippen LogP contribution in [-0.4, -0.2) is 41.5 Å². The summed E-state index contributed by atoms with van der Waals surface area (Å²) in [6, 6.07) is 0.392. The predicted molar refractivity (Wildman–Crippen MR) is 80.0 cm³/mol. The predicted octanol–water partition coefficient (Wildman–Crippen LogP) is 2.78. The van der Waals surface area contributed by atoms with E-state index >= 15 is 0 Å². The van der Waals surface area contributed by atoms with Crippen molar-refractivity contribution < 1.29 is 9.53 Å². The zero-order valence-corrected chi connectivity index (χ0v) is 13.6. The van der Waals surface area contributed by atoms with Crippen LogP contribution in [0, 0.1) is 16.2 Å². The highest BCUT2D eigenvalue weighted by Crippen LogP contribution is 3.00. The molecule has 3 saturated carbocycles. The Balaban J connectivity index is 1.56. The monoisotopic (exact) mass is 289 g/mol. The van der Waals surface area contributed by atoms with E-state index in [0.29, 0.717) is 22.7 Å². The molecule has 0 radical (unpaired) electrons. The van der Waals surface area contributed by atoms with Gasteiger partial charge in [0.05, 0.1) is 17.1 Å². The molecule has 0 unspecified atom stereocenters. The average Bonchev–Trinajstić information content (AvgIpc) is 3.29. The summed E-state index contributed by atoms with van der Waals surface area (Å²) >= 11 is 0. The van der Waals surface area contributed by atoms with Gasteiger partial charge in [0.15, 0.2) is 0 Å². The van der Waals surface area contributed by atoms with Crippen molar-refractivity contribution in [2.75, 3.05) is 13.1 Å². The Morgan fingerprint density at radius 3 is 2.24 bits per heavy atom. The first-order valence-electron chi connectivity index (χ1n) is 8.83. The van der Waals surface area contributed by atoms with E-state index in [0.717, 1.165) is 25.9 Å². The van der Waals surface area contributed by atoms with Gasteiger partial charge in [-0.3, -0.25) is 9.69 Å². The van der Waals surface area contributed by atoms with E-state index < -0.39 is 0 Å². The maximum absolute atomic E-state index is 13.1. The quantitative estimate of drug-likeness (QED) is 0.743. The Morgan fingerprint density at radius 1 is 1.10 bits per heavy atom. The highest BCUT2D eigenvalue weighted by molar-refractivity contribution is 5.95. The minimum atomic E-state index is -0.106. The number of carbonyl (C=O) groups excluding carboxylic acids is 1. The molecule has 0 aromatic carbocycles. The van der Waals surface area contributed by atoms with Crippen LogP contribution >= 0.6 is 0 Å². The van der Waals surface area contributed by atoms with Gasteiger partial charge >= 0.3 is 0 Å². The Hall–Kier alpha value is -0.410. The Kier molecular flexibility index (Phi) is 2.12.